The molecule has 1 atom stereocenters. The molecule has 5 heteroatoms. The number of nitrogens with zero attached hydrogens (tertiary/aromatic N) is 1. The van der Waals surface area contributed by atoms with E-state index in [9.17, 15) is 9.59 Å². The molecule has 1 rings (SSSR count). The molecule has 1 aliphatic rings. The van der Waals surface area contributed by atoms with Crippen LogP contribution in [0.5, 0.6) is 0 Å². The molecule has 0 spiro atoms. The van der Waals surface area contributed by atoms with Crippen molar-refractivity contribution in [2.45, 2.75) is 52.6 Å². The van der Waals surface area contributed by atoms with Gasteiger partial charge in [-0.1, -0.05) is 13.3 Å². The van der Waals surface area contributed by atoms with E-state index >= 15 is 0 Å². The molecular formula is C16H29NO4. The van der Waals surface area contributed by atoms with Crippen molar-refractivity contribution in [1.29, 1.82) is 0 Å². The Morgan fingerprint density at radius 1 is 1.24 bits per heavy atom. The molecule has 1 saturated carbocycles. The van der Waals surface area contributed by atoms with Crippen molar-refractivity contribution in [3.8, 4) is 0 Å². The molecule has 0 saturated heterocycles. The third kappa shape index (κ3) is 6.04. The van der Waals surface area contributed by atoms with Gasteiger partial charge < -0.3 is 14.4 Å². The fraction of sp³-hybridized carbons (Fsp3) is 0.875. The number of methoxy groups -OCH3 is 1. The van der Waals surface area contributed by atoms with E-state index in [1.165, 1.54) is 7.11 Å². The van der Waals surface area contributed by atoms with E-state index in [-0.39, 0.29) is 29.8 Å². The van der Waals surface area contributed by atoms with E-state index in [1.54, 1.807) is 6.92 Å². The van der Waals surface area contributed by atoms with Crippen LogP contribution in [0.2, 0.25) is 0 Å². The molecule has 5 nitrogen and oxygen atoms in total. The average Bonchev–Trinajstić information content (AvgIpc) is 2.38. The van der Waals surface area contributed by atoms with E-state index in [2.05, 4.69) is 0 Å². The first-order chi connectivity index (χ1) is 9.95. The lowest BCUT2D eigenvalue weighted by Gasteiger charge is -2.33. The fourth-order valence-corrected chi connectivity index (χ4v) is 2.39. The number of hydrogen-bond acceptors (Lipinski definition) is 4. The second-order valence-electron chi connectivity index (χ2n) is 6.11. The van der Waals surface area contributed by atoms with Crippen molar-refractivity contribution >= 4 is 11.9 Å². The molecule has 0 aromatic carbocycles. The van der Waals surface area contributed by atoms with Crippen LogP contribution in [-0.2, 0) is 19.1 Å². The molecule has 1 unspecified atom stereocenters. The minimum atomic E-state index is -0.287. The summed E-state index contributed by atoms with van der Waals surface area (Å²) in [6.07, 6.45) is 4.09. The minimum Gasteiger partial charge on any atom is -0.469 e. The largest absolute Gasteiger partial charge is 0.469 e. The van der Waals surface area contributed by atoms with E-state index in [1.807, 2.05) is 18.7 Å². The fourth-order valence-electron chi connectivity index (χ4n) is 2.39. The van der Waals surface area contributed by atoms with Gasteiger partial charge in [-0.15, -0.1) is 0 Å². The summed E-state index contributed by atoms with van der Waals surface area (Å²) in [7, 11) is 1.38. The first-order valence-corrected chi connectivity index (χ1v) is 7.94. The highest BCUT2D eigenvalue weighted by Gasteiger charge is 2.30. The second kappa shape index (κ2) is 9.03. The first kappa shape index (κ1) is 18.0. The Bertz CT molecular complexity index is 339. The molecule has 1 amide bonds. The van der Waals surface area contributed by atoms with Gasteiger partial charge in [0.05, 0.1) is 19.1 Å². The van der Waals surface area contributed by atoms with Gasteiger partial charge in [0.15, 0.2) is 0 Å². The Morgan fingerprint density at radius 2 is 1.90 bits per heavy atom. The number of rotatable bonds is 9. The van der Waals surface area contributed by atoms with Gasteiger partial charge in [-0.3, -0.25) is 9.59 Å². The van der Waals surface area contributed by atoms with Gasteiger partial charge in [-0.05, 0) is 33.1 Å². The van der Waals surface area contributed by atoms with Crippen LogP contribution in [0.15, 0.2) is 0 Å². The third-order valence-electron chi connectivity index (χ3n) is 3.89. The molecule has 0 radical (unpaired) electrons. The van der Waals surface area contributed by atoms with Crippen LogP contribution in [0.25, 0.3) is 0 Å². The zero-order valence-corrected chi connectivity index (χ0v) is 13.8. The smallest absolute Gasteiger partial charge is 0.310 e. The van der Waals surface area contributed by atoms with Gasteiger partial charge in [0, 0.05) is 25.6 Å². The van der Waals surface area contributed by atoms with Crippen LogP contribution in [0, 0.1) is 11.8 Å². The lowest BCUT2D eigenvalue weighted by Crippen LogP contribution is -2.43. The maximum Gasteiger partial charge on any atom is 0.310 e. The summed E-state index contributed by atoms with van der Waals surface area (Å²) in [5, 5.41) is 0. The second-order valence-corrected chi connectivity index (χ2v) is 6.11. The predicted molar refractivity (Wildman–Crippen MR) is 80.8 cm³/mol. The molecule has 0 N–H and O–H groups in total. The number of esters is 1. The molecule has 21 heavy (non-hydrogen) atoms. The molecule has 122 valence electrons. The number of carbonyl (C=O) groups is 2. The summed E-state index contributed by atoms with van der Waals surface area (Å²) in [6, 6.07) is 0. The monoisotopic (exact) mass is 299 g/mol. The third-order valence-corrected chi connectivity index (χ3v) is 3.89. The standard InChI is InChI=1S/C16H29NO4/c1-12(2)21-10-6-9-17(11-13(3)16(19)20-4)15(18)14-7-5-8-14/h12-14H,5-11H2,1-4H3. The van der Waals surface area contributed by atoms with Crippen molar-refractivity contribution in [3.05, 3.63) is 0 Å². The maximum absolute atomic E-state index is 12.4. The van der Waals surface area contributed by atoms with Gasteiger partial charge in [0.2, 0.25) is 5.91 Å². The molecule has 0 bridgehead atoms. The first-order valence-electron chi connectivity index (χ1n) is 7.94. The minimum absolute atomic E-state index is 0.154. The topological polar surface area (TPSA) is 55.8 Å². The van der Waals surface area contributed by atoms with Crippen LogP contribution in [-0.4, -0.2) is 49.7 Å². The highest BCUT2D eigenvalue weighted by Crippen LogP contribution is 2.28. The zero-order valence-electron chi connectivity index (χ0n) is 13.8. The van der Waals surface area contributed by atoms with Crippen LogP contribution < -0.4 is 0 Å². The maximum atomic E-state index is 12.4. The van der Waals surface area contributed by atoms with E-state index in [4.69, 9.17) is 9.47 Å². The predicted octanol–water partition coefficient (Wildman–Crippen LogP) is 2.24. The molecule has 1 aliphatic carbocycles. The lowest BCUT2D eigenvalue weighted by molar-refractivity contribution is -0.147. The Balaban J connectivity index is 2.48. The SMILES string of the molecule is COC(=O)C(C)CN(CCCOC(C)C)C(=O)C1CCC1. The molecule has 0 heterocycles. The number of ether oxygens (including phenoxy) is 2. The zero-order chi connectivity index (χ0) is 15.8. The van der Waals surface area contributed by atoms with Gasteiger partial charge in [-0.25, -0.2) is 0 Å². The molecule has 0 aromatic heterocycles. The lowest BCUT2D eigenvalue weighted by atomic mass is 9.84. The molecule has 0 aliphatic heterocycles. The van der Waals surface area contributed by atoms with Crippen molar-refractivity contribution < 1.29 is 19.1 Å². The summed E-state index contributed by atoms with van der Waals surface area (Å²) in [6.45, 7) is 7.51. The molecule has 0 aromatic rings. The summed E-state index contributed by atoms with van der Waals surface area (Å²) in [4.78, 5) is 25.8. The van der Waals surface area contributed by atoms with E-state index < -0.39 is 0 Å². The van der Waals surface area contributed by atoms with Crippen molar-refractivity contribution in [3.63, 3.8) is 0 Å². The van der Waals surface area contributed by atoms with Crippen LogP contribution in [0.3, 0.4) is 0 Å². The van der Waals surface area contributed by atoms with Crippen molar-refractivity contribution in [2.24, 2.45) is 11.8 Å². The highest BCUT2D eigenvalue weighted by atomic mass is 16.5. The quantitative estimate of drug-likeness (QED) is 0.484. The summed E-state index contributed by atoms with van der Waals surface area (Å²) < 4.78 is 10.3. The Kier molecular flexibility index (Phi) is 7.72. The molecular weight excluding hydrogens is 270 g/mol. The van der Waals surface area contributed by atoms with Crippen molar-refractivity contribution in [2.75, 3.05) is 26.8 Å². The van der Waals surface area contributed by atoms with Crippen molar-refractivity contribution in [1.82, 2.24) is 4.90 Å². The van der Waals surface area contributed by atoms with E-state index in [0.29, 0.717) is 19.7 Å². The van der Waals surface area contributed by atoms with Gasteiger partial charge in [0.1, 0.15) is 0 Å². The summed E-state index contributed by atoms with van der Waals surface area (Å²) in [5.41, 5.74) is 0. The van der Waals surface area contributed by atoms with Gasteiger partial charge in [-0.2, -0.15) is 0 Å². The van der Waals surface area contributed by atoms with Gasteiger partial charge in [0.25, 0.3) is 0 Å². The number of carbonyl (C=O) groups excluding carboxylic acids is 2. The Labute approximate surface area is 128 Å². The highest BCUT2D eigenvalue weighted by molar-refractivity contribution is 5.80. The van der Waals surface area contributed by atoms with Gasteiger partial charge >= 0.3 is 5.97 Å². The number of amides is 1. The molecule has 1 fully saturated rings. The van der Waals surface area contributed by atoms with Crippen LogP contribution in [0.4, 0.5) is 0 Å². The Hall–Kier alpha value is -1.10. The average molecular weight is 299 g/mol. The Morgan fingerprint density at radius 3 is 2.38 bits per heavy atom. The van der Waals surface area contributed by atoms with Crippen LogP contribution >= 0.6 is 0 Å². The summed E-state index contributed by atoms with van der Waals surface area (Å²) >= 11 is 0. The summed E-state index contributed by atoms with van der Waals surface area (Å²) in [5.74, 6) is -0.215. The number of hydrogen-bond donors (Lipinski definition) is 0. The normalized spacial score (nSPS) is 16.4. The van der Waals surface area contributed by atoms with Crippen LogP contribution in [0.1, 0.15) is 46.5 Å². The van der Waals surface area contributed by atoms with E-state index in [0.717, 1.165) is 25.7 Å².